The number of rotatable bonds is 5. The topological polar surface area (TPSA) is 62.5 Å². The van der Waals surface area contributed by atoms with E-state index in [-0.39, 0.29) is 5.91 Å². The van der Waals surface area contributed by atoms with Crippen LogP contribution in [0.1, 0.15) is 0 Å². The molecule has 1 fully saturated rings. The molecular weight excluding hydrogens is 440 g/mol. The zero-order chi connectivity index (χ0) is 19.3. The van der Waals surface area contributed by atoms with Gasteiger partial charge in [-0.3, -0.25) is 4.79 Å². The molecule has 1 saturated heterocycles. The Morgan fingerprint density at radius 3 is 2.43 bits per heavy atom. The lowest BCUT2D eigenvalue weighted by molar-refractivity contribution is -0.128. The minimum Gasteiger partial charge on any atom is -0.411 e. The lowest BCUT2D eigenvalue weighted by Crippen LogP contribution is -2.49. The number of hydrogen-bond donors (Lipinski definition) is 0. The van der Waals surface area contributed by atoms with Gasteiger partial charge in [0.1, 0.15) is 0 Å². The van der Waals surface area contributed by atoms with Gasteiger partial charge in [-0.05, 0) is 36.4 Å². The Hall–Kier alpha value is -2.32. The molecule has 0 unspecified atom stereocenters. The predicted molar refractivity (Wildman–Crippen MR) is 113 cm³/mol. The summed E-state index contributed by atoms with van der Waals surface area (Å²) in [6.07, 6.45) is 0. The first-order valence-electron chi connectivity index (χ1n) is 8.99. The lowest BCUT2D eigenvalue weighted by Gasteiger charge is -2.36. The summed E-state index contributed by atoms with van der Waals surface area (Å²) < 4.78 is 6.66. The van der Waals surface area contributed by atoms with Gasteiger partial charge in [-0.1, -0.05) is 45.9 Å². The van der Waals surface area contributed by atoms with Gasteiger partial charge in [0, 0.05) is 41.9 Å². The zero-order valence-electron chi connectivity index (χ0n) is 15.1. The highest BCUT2D eigenvalue weighted by Gasteiger charge is 2.22. The van der Waals surface area contributed by atoms with Crippen molar-refractivity contribution in [2.24, 2.45) is 0 Å². The van der Waals surface area contributed by atoms with E-state index >= 15 is 0 Å². The number of carbonyl (C=O) groups excluding carboxylic acids is 1. The number of nitrogens with zero attached hydrogens (tertiary/aromatic N) is 4. The standard InChI is InChI=1S/C20H19BrN4O2S/c21-16-8-6-15(7-9-16)19-22-23-20(27-19)28-14-18(26)25-12-10-24(11-13-25)17-4-2-1-3-5-17/h1-9H,10-14H2. The summed E-state index contributed by atoms with van der Waals surface area (Å²) in [5, 5.41) is 8.52. The number of halogens is 1. The molecule has 0 aliphatic carbocycles. The fourth-order valence-corrected chi connectivity index (χ4v) is 3.98. The molecule has 0 radical (unpaired) electrons. The summed E-state index contributed by atoms with van der Waals surface area (Å²) in [5.74, 6) is 0.854. The van der Waals surface area contributed by atoms with Crippen molar-refractivity contribution in [3.8, 4) is 11.5 Å². The summed E-state index contributed by atoms with van der Waals surface area (Å²) in [6, 6.07) is 18.0. The van der Waals surface area contributed by atoms with Gasteiger partial charge in [0.25, 0.3) is 5.22 Å². The van der Waals surface area contributed by atoms with Crippen molar-refractivity contribution in [2.75, 3.05) is 36.8 Å². The van der Waals surface area contributed by atoms with Crippen LogP contribution in [0.4, 0.5) is 5.69 Å². The van der Waals surface area contributed by atoms with Crippen LogP contribution in [0.2, 0.25) is 0 Å². The van der Waals surface area contributed by atoms with E-state index in [0.29, 0.717) is 16.9 Å². The van der Waals surface area contributed by atoms with Crippen molar-refractivity contribution in [3.63, 3.8) is 0 Å². The predicted octanol–water partition coefficient (Wildman–Crippen LogP) is 3.94. The fourth-order valence-electron chi connectivity index (χ4n) is 3.04. The smallest absolute Gasteiger partial charge is 0.277 e. The van der Waals surface area contributed by atoms with Crippen molar-refractivity contribution in [2.45, 2.75) is 5.22 Å². The number of piperazine rings is 1. The molecule has 8 heteroatoms. The molecule has 4 rings (SSSR count). The highest BCUT2D eigenvalue weighted by molar-refractivity contribution is 9.10. The molecule has 0 atom stereocenters. The van der Waals surface area contributed by atoms with E-state index < -0.39 is 0 Å². The van der Waals surface area contributed by atoms with E-state index in [0.717, 1.165) is 36.2 Å². The number of para-hydroxylation sites is 1. The summed E-state index contributed by atoms with van der Waals surface area (Å²) >= 11 is 4.69. The van der Waals surface area contributed by atoms with Crippen LogP contribution in [0.5, 0.6) is 0 Å². The van der Waals surface area contributed by atoms with E-state index in [1.54, 1.807) is 0 Å². The number of thioether (sulfide) groups is 1. The number of aromatic nitrogens is 2. The molecule has 1 aromatic heterocycles. The van der Waals surface area contributed by atoms with Crippen LogP contribution in [-0.4, -0.2) is 52.9 Å². The first kappa shape index (κ1) is 19.0. The molecule has 2 aromatic carbocycles. The number of carbonyl (C=O) groups is 1. The van der Waals surface area contributed by atoms with E-state index in [1.165, 1.54) is 17.4 Å². The summed E-state index contributed by atoms with van der Waals surface area (Å²) in [7, 11) is 0. The normalized spacial score (nSPS) is 14.3. The van der Waals surface area contributed by atoms with Crippen LogP contribution >= 0.6 is 27.7 Å². The molecule has 6 nitrogen and oxygen atoms in total. The van der Waals surface area contributed by atoms with Crippen molar-refractivity contribution in [3.05, 3.63) is 59.1 Å². The van der Waals surface area contributed by atoms with Gasteiger partial charge in [0.15, 0.2) is 0 Å². The second-order valence-electron chi connectivity index (χ2n) is 6.37. The van der Waals surface area contributed by atoms with Gasteiger partial charge in [-0.2, -0.15) is 0 Å². The Balaban J connectivity index is 1.28. The maximum absolute atomic E-state index is 12.5. The molecule has 0 saturated carbocycles. The number of benzene rings is 2. The average molecular weight is 459 g/mol. The minimum absolute atomic E-state index is 0.0982. The maximum atomic E-state index is 12.5. The molecule has 144 valence electrons. The number of anilines is 1. The van der Waals surface area contributed by atoms with Crippen molar-refractivity contribution >= 4 is 39.3 Å². The summed E-state index contributed by atoms with van der Waals surface area (Å²) in [6.45, 7) is 3.13. The first-order valence-corrected chi connectivity index (χ1v) is 10.8. The third-order valence-electron chi connectivity index (χ3n) is 4.57. The molecular formula is C20H19BrN4O2S. The highest BCUT2D eigenvalue weighted by atomic mass is 79.9. The van der Waals surface area contributed by atoms with Gasteiger partial charge in [0.2, 0.25) is 11.8 Å². The van der Waals surface area contributed by atoms with Crippen LogP contribution in [0.25, 0.3) is 11.5 Å². The van der Waals surface area contributed by atoms with Crippen LogP contribution in [0.3, 0.4) is 0 Å². The van der Waals surface area contributed by atoms with Crippen LogP contribution < -0.4 is 4.90 Å². The monoisotopic (exact) mass is 458 g/mol. The second kappa shape index (κ2) is 8.79. The SMILES string of the molecule is O=C(CSc1nnc(-c2ccc(Br)cc2)o1)N1CCN(c2ccccc2)CC1. The molecule has 3 aromatic rings. The fraction of sp³-hybridized carbons (Fsp3) is 0.250. The highest BCUT2D eigenvalue weighted by Crippen LogP contribution is 2.25. The molecule has 2 heterocycles. The van der Waals surface area contributed by atoms with E-state index in [9.17, 15) is 4.79 Å². The third-order valence-corrected chi connectivity index (χ3v) is 5.90. The summed E-state index contributed by atoms with van der Waals surface area (Å²) in [4.78, 5) is 16.7. The number of amides is 1. The molecule has 1 aliphatic rings. The Labute approximate surface area is 176 Å². The molecule has 1 aliphatic heterocycles. The second-order valence-corrected chi connectivity index (χ2v) is 8.21. The van der Waals surface area contributed by atoms with E-state index in [2.05, 4.69) is 43.2 Å². The molecule has 0 bridgehead atoms. The van der Waals surface area contributed by atoms with E-state index in [4.69, 9.17) is 4.42 Å². The van der Waals surface area contributed by atoms with Crippen LogP contribution in [0, 0.1) is 0 Å². The lowest BCUT2D eigenvalue weighted by atomic mass is 10.2. The van der Waals surface area contributed by atoms with Crippen LogP contribution in [-0.2, 0) is 4.79 Å². The molecule has 0 N–H and O–H groups in total. The van der Waals surface area contributed by atoms with Crippen LogP contribution in [0.15, 0.2) is 68.7 Å². The van der Waals surface area contributed by atoms with Gasteiger partial charge >= 0.3 is 0 Å². The van der Waals surface area contributed by atoms with Gasteiger partial charge < -0.3 is 14.2 Å². The third kappa shape index (κ3) is 4.56. The number of hydrogen-bond acceptors (Lipinski definition) is 6. The van der Waals surface area contributed by atoms with Crippen molar-refractivity contribution < 1.29 is 9.21 Å². The Bertz CT molecular complexity index is 925. The summed E-state index contributed by atoms with van der Waals surface area (Å²) in [5.41, 5.74) is 2.06. The Kier molecular flexibility index (Phi) is 5.97. The Morgan fingerprint density at radius 1 is 1.00 bits per heavy atom. The van der Waals surface area contributed by atoms with Crippen molar-refractivity contribution in [1.82, 2.24) is 15.1 Å². The zero-order valence-corrected chi connectivity index (χ0v) is 17.5. The van der Waals surface area contributed by atoms with Gasteiger partial charge in [0.05, 0.1) is 5.75 Å². The van der Waals surface area contributed by atoms with Crippen molar-refractivity contribution in [1.29, 1.82) is 0 Å². The quantitative estimate of drug-likeness (QED) is 0.539. The first-order chi connectivity index (χ1) is 13.7. The van der Waals surface area contributed by atoms with Gasteiger partial charge in [-0.15, -0.1) is 10.2 Å². The average Bonchev–Trinajstić information content (AvgIpc) is 3.22. The molecule has 1 amide bonds. The maximum Gasteiger partial charge on any atom is 0.277 e. The molecule has 0 spiro atoms. The van der Waals surface area contributed by atoms with E-state index in [1.807, 2.05) is 47.4 Å². The largest absolute Gasteiger partial charge is 0.411 e. The Morgan fingerprint density at radius 2 is 1.71 bits per heavy atom. The molecule has 28 heavy (non-hydrogen) atoms. The van der Waals surface area contributed by atoms with Gasteiger partial charge in [-0.25, -0.2) is 0 Å². The minimum atomic E-state index is 0.0982.